The fourth-order valence-electron chi connectivity index (χ4n) is 1.92. The monoisotopic (exact) mass is 243 g/mol. The molecule has 0 spiro atoms. The maximum Gasteiger partial charge on any atom is 0.0954 e. The first-order valence-corrected chi connectivity index (χ1v) is 6.33. The molecule has 3 heteroatoms. The molecule has 1 aromatic carbocycles. The quantitative estimate of drug-likeness (QED) is 0.901. The molecule has 0 aliphatic carbocycles. The van der Waals surface area contributed by atoms with Crippen LogP contribution < -0.4 is 5.73 Å². The Morgan fingerprint density at radius 3 is 2.39 bits per heavy atom. The largest absolute Gasteiger partial charge is 0.336 e. The van der Waals surface area contributed by atoms with Gasteiger partial charge < -0.3 is 10.3 Å². The molecule has 0 radical (unpaired) electrons. The van der Waals surface area contributed by atoms with Gasteiger partial charge in [0.05, 0.1) is 12.0 Å². The zero-order valence-electron chi connectivity index (χ0n) is 11.4. The van der Waals surface area contributed by atoms with E-state index in [1.165, 1.54) is 5.56 Å². The van der Waals surface area contributed by atoms with Crippen molar-refractivity contribution in [2.45, 2.75) is 32.7 Å². The van der Waals surface area contributed by atoms with Crippen molar-refractivity contribution in [2.24, 2.45) is 5.73 Å². The van der Waals surface area contributed by atoms with E-state index in [1.54, 1.807) is 0 Å². The van der Waals surface area contributed by atoms with E-state index in [4.69, 9.17) is 5.73 Å². The van der Waals surface area contributed by atoms with Gasteiger partial charge in [-0.1, -0.05) is 45.0 Å². The van der Waals surface area contributed by atoms with Gasteiger partial charge in [0.15, 0.2) is 0 Å². The van der Waals surface area contributed by atoms with Gasteiger partial charge in [-0.05, 0) is 11.0 Å². The minimum atomic E-state index is 0.192. The highest BCUT2D eigenvalue weighted by Crippen LogP contribution is 2.25. The molecule has 2 aromatic rings. The van der Waals surface area contributed by atoms with Gasteiger partial charge in [-0.3, -0.25) is 0 Å². The smallest absolute Gasteiger partial charge is 0.0954 e. The van der Waals surface area contributed by atoms with Gasteiger partial charge in [-0.15, -0.1) is 0 Å². The van der Waals surface area contributed by atoms with E-state index in [0.717, 1.165) is 17.8 Å². The molecule has 0 saturated carbocycles. The highest BCUT2D eigenvalue weighted by Gasteiger charge is 2.13. The Balaban J connectivity index is 2.23. The van der Waals surface area contributed by atoms with Crippen LogP contribution in [0.1, 0.15) is 26.3 Å². The summed E-state index contributed by atoms with van der Waals surface area (Å²) in [7, 11) is 0. The second kappa shape index (κ2) is 4.94. The third-order valence-corrected chi connectivity index (χ3v) is 3.07. The van der Waals surface area contributed by atoms with Gasteiger partial charge in [0.25, 0.3) is 0 Å². The summed E-state index contributed by atoms with van der Waals surface area (Å²) in [4.78, 5) is 4.40. The molecular formula is C15H21N3. The normalized spacial score (nSPS) is 11.8. The van der Waals surface area contributed by atoms with Crippen LogP contribution in [0.3, 0.4) is 0 Å². The first-order valence-electron chi connectivity index (χ1n) is 6.33. The number of imidazole rings is 1. The minimum absolute atomic E-state index is 0.192. The lowest BCUT2D eigenvalue weighted by molar-refractivity contribution is 0.590. The molecular weight excluding hydrogens is 222 g/mol. The molecule has 0 aliphatic heterocycles. The minimum Gasteiger partial charge on any atom is -0.336 e. The van der Waals surface area contributed by atoms with Crippen LogP contribution in [0, 0.1) is 0 Å². The topological polar surface area (TPSA) is 43.8 Å². The summed E-state index contributed by atoms with van der Waals surface area (Å²) in [6.07, 6.45) is 3.87. The van der Waals surface area contributed by atoms with Crippen LogP contribution in [-0.4, -0.2) is 16.1 Å². The summed E-state index contributed by atoms with van der Waals surface area (Å²) in [5.74, 6) is 0. The molecule has 96 valence electrons. The lowest BCUT2D eigenvalue weighted by Gasteiger charge is -2.18. The van der Waals surface area contributed by atoms with Gasteiger partial charge >= 0.3 is 0 Å². The van der Waals surface area contributed by atoms with Gasteiger partial charge in [0.1, 0.15) is 0 Å². The van der Waals surface area contributed by atoms with Gasteiger partial charge in [0.2, 0.25) is 0 Å². The predicted molar refractivity (Wildman–Crippen MR) is 75.4 cm³/mol. The lowest BCUT2D eigenvalue weighted by atomic mass is 9.86. The van der Waals surface area contributed by atoms with Crippen molar-refractivity contribution >= 4 is 0 Å². The van der Waals surface area contributed by atoms with E-state index < -0.39 is 0 Å². The lowest BCUT2D eigenvalue weighted by Crippen LogP contribution is -2.10. The summed E-state index contributed by atoms with van der Waals surface area (Å²) in [6, 6.07) is 8.62. The summed E-state index contributed by atoms with van der Waals surface area (Å²) >= 11 is 0. The number of benzene rings is 1. The summed E-state index contributed by atoms with van der Waals surface area (Å²) in [5.41, 5.74) is 9.22. The van der Waals surface area contributed by atoms with Crippen LogP contribution in [0.15, 0.2) is 36.8 Å². The zero-order chi connectivity index (χ0) is 13.2. The molecule has 0 amide bonds. The Morgan fingerprint density at radius 2 is 1.83 bits per heavy atom. The predicted octanol–water partition coefficient (Wildman–Crippen LogP) is 2.81. The Bertz CT molecular complexity index is 503. The number of hydrogen-bond acceptors (Lipinski definition) is 2. The maximum atomic E-state index is 5.53. The fraction of sp³-hybridized carbons (Fsp3) is 0.400. The summed E-state index contributed by atoms with van der Waals surface area (Å²) in [6.45, 7) is 8.11. The highest BCUT2D eigenvalue weighted by molar-refractivity contribution is 5.58. The van der Waals surface area contributed by atoms with E-state index in [0.29, 0.717) is 6.54 Å². The molecule has 18 heavy (non-hydrogen) atoms. The average Bonchev–Trinajstić information content (AvgIpc) is 2.77. The number of aromatic nitrogens is 2. The molecule has 3 nitrogen and oxygen atoms in total. The Hall–Kier alpha value is -1.61. The first kappa shape index (κ1) is 12.8. The van der Waals surface area contributed by atoms with E-state index in [-0.39, 0.29) is 5.41 Å². The second-order valence-corrected chi connectivity index (χ2v) is 5.61. The van der Waals surface area contributed by atoms with Crippen molar-refractivity contribution in [2.75, 3.05) is 6.54 Å². The number of nitrogens with zero attached hydrogens (tertiary/aromatic N) is 2. The molecule has 1 aromatic heterocycles. The molecule has 2 rings (SSSR count). The molecule has 0 fully saturated rings. The summed E-state index contributed by atoms with van der Waals surface area (Å²) < 4.78 is 2.02. The maximum absolute atomic E-state index is 5.53. The van der Waals surface area contributed by atoms with Crippen molar-refractivity contribution in [3.63, 3.8) is 0 Å². The molecule has 0 bridgehead atoms. The van der Waals surface area contributed by atoms with E-state index >= 15 is 0 Å². The van der Waals surface area contributed by atoms with Crippen LogP contribution in [0.2, 0.25) is 0 Å². The van der Waals surface area contributed by atoms with Crippen LogP contribution >= 0.6 is 0 Å². The molecule has 0 saturated heterocycles. The van der Waals surface area contributed by atoms with Gasteiger partial charge in [0, 0.05) is 24.8 Å². The van der Waals surface area contributed by atoms with Crippen molar-refractivity contribution in [3.05, 3.63) is 42.4 Å². The number of nitrogens with two attached hydrogens (primary N) is 1. The zero-order valence-corrected chi connectivity index (χ0v) is 11.4. The third-order valence-electron chi connectivity index (χ3n) is 3.07. The van der Waals surface area contributed by atoms with Crippen molar-refractivity contribution < 1.29 is 0 Å². The first-order chi connectivity index (χ1) is 8.50. The van der Waals surface area contributed by atoms with Crippen molar-refractivity contribution in [1.29, 1.82) is 0 Å². The SMILES string of the molecule is CC(C)(C)c1ccc(-c2cn(CCN)cn2)cc1. The van der Waals surface area contributed by atoms with Crippen LogP contribution in [0.5, 0.6) is 0 Å². The Morgan fingerprint density at radius 1 is 1.17 bits per heavy atom. The Labute approximate surface area is 109 Å². The molecule has 0 atom stereocenters. The van der Waals surface area contributed by atoms with E-state index in [9.17, 15) is 0 Å². The summed E-state index contributed by atoms with van der Waals surface area (Å²) in [5, 5.41) is 0. The average molecular weight is 243 g/mol. The number of rotatable bonds is 3. The van der Waals surface area contributed by atoms with Gasteiger partial charge in [-0.2, -0.15) is 0 Å². The third kappa shape index (κ3) is 2.79. The highest BCUT2D eigenvalue weighted by atomic mass is 15.0. The van der Waals surface area contributed by atoms with Crippen LogP contribution in [-0.2, 0) is 12.0 Å². The second-order valence-electron chi connectivity index (χ2n) is 5.61. The van der Waals surface area contributed by atoms with Gasteiger partial charge in [-0.25, -0.2) is 4.98 Å². The fourth-order valence-corrected chi connectivity index (χ4v) is 1.92. The van der Waals surface area contributed by atoms with Crippen LogP contribution in [0.25, 0.3) is 11.3 Å². The molecule has 1 heterocycles. The molecule has 0 unspecified atom stereocenters. The number of hydrogen-bond donors (Lipinski definition) is 1. The Kier molecular flexibility index (Phi) is 3.53. The van der Waals surface area contributed by atoms with E-state index in [1.807, 2.05) is 17.1 Å². The standard InChI is InChI=1S/C15H21N3/c1-15(2,3)13-6-4-12(5-7-13)14-10-18(9-8-16)11-17-14/h4-7,10-11H,8-9,16H2,1-3H3. The molecule has 0 aliphatic rings. The van der Waals surface area contributed by atoms with Crippen molar-refractivity contribution in [3.8, 4) is 11.3 Å². The van der Waals surface area contributed by atoms with E-state index in [2.05, 4.69) is 50.0 Å². The van der Waals surface area contributed by atoms with Crippen LogP contribution in [0.4, 0.5) is 0 Å². The van der Waals surface area contributed by atoms with Crippen molar-refractivity contribution in [1.82, 2.24) is 9.55 Å². The molecule has 2 N–H and O–H groups in total.